The number of furan rings is 1. The van der Waals surface area contributed by atoms with E-state index in [0.717, 1.165) is 17.4 Å². The predicted octanol–water partition coefficient (Wildman–Crippen LogP) is 4.35. The van der Waals surface area contributed by atoms with Crippen LogP contribution in [0.15, 0.2) is 22.6 Å². The monoisotopic (exact) mass is 250 g/mol. The number of rotatable bonds is 4. The smallest absolute Gasteiger partial charge is 0.136 e. The Hall–Kier alpha value is -1.35. The first-order valence-electron chi connectivity index (χ1n) is 6.35. The second-order valence-corrected chi connectivity index (χ2v) is 5.22. The maximum absolute atomic E-state index is 13.2. The Morgan fingerprint density at radius 1 is 1.28 bits per heavy atom. The summed E-state index contributed by atoms with van der Waals surface area (Å²) in [5, 5.41) is 10.9. The van der Waals surface area contributed by atoms with E-state index in [4.69, 9.17) is 4.42 Å². The number of fused-ring (bicyclic) bond motifs is 1. The molecule has 1 aromatic carbocycles. The van der Waals surface area contributed by atoms with Crippen molar-refractivity contribution >= 4 is 11.0 Å². The van der Waals surface area contributed by atoms with Gasteiger partial charge >= 0.3 is 0 Å². The third-order valence-corrected chi connectivity index (χ3v) is 3.26. The Morgan fingerprint density at radius 2 is 2.00 bits per heavy atom. The molecule has 2 rings (SSSR count). The van der Waals surface area contributed by atoms with Gasteiger partial charge in [0.05, 0.1) is 0 Å². The first-order valence-corrected chi connectivity index (χ1v) is 6.35. The standard InChI is InChI=1S/C15H19FO2/c1-9(2)4-6-13(17)15-10(3)12-8-11(16)5-7-14(12)18-15/h5,7-9,13,17H,4,6H2,1-3H3. The van der Waals surface area contributed by atoms with Crippen LogP contribution < -0.4 is 0 Å². The van der Waals surface area contributed by atoms with Crippen molar-refractivity contribution < 1.29 is 13.9 Å². The molecule has 18 heavy (non-hydrogen) atoms. The molecule has 1 heterocycles. The van der Waals surface area contributed by atoms with E-state index in [0.29, 0.717) is 23.7 Å². The summed E-state index contributed by atoms with van der Waals surface area (Å²) in [6.45, 7) is 6.10. The molecular weight excluding hydrogens is 231 g/mol. The first-order chi connectivity index (χ1) is 8.49. The van der Waals surface area contributed by atoms with E-state index in [9.17, 15) is 9.50 Å². The third-order valence-electron chi connectivity index (χ3n) is 3.26. The Balaban J connectivity index is 2.30. The molecule has 1 aromatic heterocycles. The predicted molar refractivity (Wildman–Crippen MR) is 69.9 cm³/mol. The van der Waals surface area contributed by atoms with Crippen LogP contribution in [-0.2, 0) is 0 Å². The molecule has 0 fully saturated rings. The highest BCUT2D eigenvalue weighted by molar-refractivity contribution is 5.82. The number of aryl methyl sites for hydroxylation is 1. The molecule has 0 bridgehead atoms. The first kappa shape index (κ1) is 13.1. The van der Waals surface area contributed by atoms with Crippen LogP contribution in [-0.4, -0.2) is 5.11 Å². The molecular formula is C15H19FO2. The molecule has 0 amide bonds. The Bertz CT molecular complexity index is 543. The van der Waals surface area contributed by atoms with Crippen LogP contribution in [0, 0.1) is 18.7 Å². The molecule has 1 N–H and O–H groups in total. The van der Waals surface area contributed by atoms with Crippen molar-refractivity contribution in [2.75, 3.05) is 0 Å². The van der Waals surface area contributed by atoms with E-state index in [2.05, 4.69) is 13.8 Å². The van der Waals surface area contributed by atoms with Crippen molar-refractivity contribution in [3.05, 3.63) is 35.3 Å². The molecule has 0 aliphatic carbocycles. The van der Waals surface area contributed by atoms with Gasteiger partial charge in [-0.2, -0.15) is 0 Å². The number of aliphatic hydroxyl groups excluding tert-OH is 1. The molecule has 0 spiro atoms. The maximum atomic E-state index is 13.2. The molecule has 3 heteroatoms. The summed E-state index contributed by atoms with van der Waals surface area (Å²) in [4.78, 5) is 0. The molecule has 0 saturated heterocycles. The second kappa shape index (κ2) is 5.11. The highest BCUT2D eigenvalue weighted by Gasteiger charge is 2.18. The van der Waals surface area contributed by atoms with Crippen LogP contribution in [0.2, 0.25) is 0 Å². The Morgan fingerprint density at radius 3 is 2.67 bits per heavy atom. The van der Waals surface area contributed by atoms with Crippen LogP contribution in [0.3, 0.4) is 0 Å². The minimum absolute atomic E-state index is 0.283. The van der Waals surface area contributed by atoms with Crippen molar-refractivity contribution in [3.63, 3.8) is 0 Å². The summed E-state index contributed by atoms with van der Waals surface area (Å²) in [5.41, 5.74) is 1.47. The molecule has 1 atom stereocenters. The van der Waals surface area contributed by atoms with Gasteiger partial charge in [-0.05, 0) is 43.9 Å². The van der Waals surface area contributed by atoms with Gasteiger partial charge in [0.1, 0.15) is 23.3 Å². The fourth-order valence-corrected chi connectivity index (χ4v) is 2.15. The summed E-state index contributed by atoms with van der Waals surface area (Å²) in [6, 6.07) is 4.43. The lowest BCUT2D eigenvalue weighted by Crippen LogP contribution is -2.00. The normalized spacial score (nSPS) is 13.4. The van der Waals surface area contributed by atoms with Crippen LogP contribution >= 0.6 is 0 Å². The van der Waals surface area contributed by atoms with E-state index in [1.165, 1.54) is 12.1 Å². The van der Waals surface area contributed by atoms with Gasteiger partial charge in [-0.25, -0.2) is 4.39 Å². The van der Waals surface area contributed by atoms with Crippen LogP contribution in [0.5, 0.6) is 0 Å². The number of hydrogen-bond donors (Lipinski definition) is 1. The number of halogens is 1. The van der Waals surface area contributed by atoms with E-state index < -0.39 is 6.10 Å². The summed E-state index contributed by atoms with van der Waals surface area (Å²) < 4.78 is 18.8. The molecule has 0 aliphatic rings. The summed E-state index contributed by atoms with van der Waals surface area (Å²) in [6.07, 6.45) is 0.996. The van der Waals surface area contributed by atoms with E-state index in [1.807, 2.05) is 6.92 Å². The van der Waals surface area contributed by atoms with Crippen LogP contribution in [0.1, 0.15) is 44.1 Å². The molecule has 0 aliphatic heterocycles. The zero-order valence-corrected chi connectivity index (χ0v) is 11.0. The van der Waals surface area contributed by atoms with Crippen molar-refractivity contribution in [2.45, 2.75) is 39.7 Å². The van der Waals surface area contributed by atoms with E-state index >= 15 is 0 Å². The van der Waals surface area contributed by atoms with Gasteiger partial charge in [0, 0.05) is 10.9 Å². The van der Waals surface area contributed by atoms with E-state index in [1.54, 1.807) is 6.07 Å². The quantitative estimate of drug-likeness (QED) is 0.875. The fraction of sp³-hybridized carbons (Fsp3) is 0.467. The van der Waals surface area contributed by atoms with Crippen molar-refractivity contribution in [3.8, 4) is 0 Å². The highest BCUT2D eigenvalue weighted by Crippen LogP contribution is 2.32. The lowest BCUT2D eigenvalue weighted by Gasteiger charge is -2.10. The van der Waals surface area contributed by atoms with Gasteiger partial charge in [-0.1, -0.05) is 13.8 Å². The minimum atomic E-state index is -0.608. The Labute approximate surface area is 106 Å². The minimum Gasteiger partial charge on any atom is -0.458 e. The average molecular weight is 250 g/mol. The molecule has 2 aromatic rings. The van der Waals surface area contributed by atoms with Crippen molar-refractivity contribution in [1.82, 2.24) is 0 Å². The molecule has 98 valence electrons. The Kier molecular flexibility index (Phi) is 3.71. The molecule has 2 nitrogen and oxygen atoms in total. The second-order valence-electron chi connectivity index (χ2n) is 5.22. The largest absolute Gasteiger partial charge is 0.458 e. The maximum Gasteiger partial charge on any atom is 0.136 e. The van der Waals surface area contributed by atoms with Gasteiger partial charge in [0.15, 0.2) is 0 Å². The van der Waals surface area contributed by atoms with Crippen molar-refractivity contribution in [2.24, 2.45) is 5.92 Å². The van der Waals surface area contributed by atoms with Gasteiger partial charge in [-0.15, -0.1) is 0 Å². The van der Waals surface area contributed by atoms with Crippen LogP contribution in [0.25, 0.3) is 11.0 Å². The zero-order chi connectivity index (χ0) is 13.3. The average Bonchev–Trinajstić information content (AvgIpc) is 2.64. The fourth-order valence-electron chi connectivity index (χ4n) is 2.15. The van der Waals surface area contributed by atoms with Gasteiger partial charge in [-0.3, -0.25) is 0 Å². The number of aliphatic hydroxyl groups is 1. The zero-order valence-electron chi connectivity index (χ0n) is 11.0. The van der Waals surface area contributed by atoms with Crippen LogP contribution in [0.4, 0.5) is 4.39 Å². The molecule has 0 radical (unpaired) electrons. The molecule has 1 unspecified atom stereocenters. The van der Waals surface area contributed by atoms with Crippen molar-refractivity contribution in [1.29, 1.82) is 0 Å². The highest BCUT2D eigenvalue weighted by atomic mass is 19.1. The third kappa shape index (κ3) is 2.56. The lowest BCUT2D eigenvalue weighted by molar-refractivity contribution is 0.134. The van der Waals surface area contributed by atoms with E-state index in [-0.39, 0.29) is 5.82 Å². The topological polar surface area (TPSA) is 33.4 Å². The SMILES string of the molecule is Cc1c(C(O)CCC(C)C)oc2ccc(F)cc12. The van der Waals surface area contributed by atoms with Gasteiger partial charge < -0.3 is 9.52 Å². The molecule has 0 saturated carbocycles. The van der Waals surface area contributed by atoms with Gasteiger partial charge in [0.25, 0.3) is 0 Å². The summed E-state index contributed by atoms with van der Waals surface area (Å²) in [7, 11) is 0. The number of benzene rings is 1. The lowest BCUT2D eigenvalue weighted by atomic mass is 10.0. The van der Waals surface area contributed by atoms with Gasteiger partial charge in [0.2, 0.25) is 0 Å². The summed E-state index contributed by atoms with van der Waals surface area (Å²) >= 11 is 0. The number of hydrogen-bond acceptors (Lipinski definition) is 2. The summed E-state index contributed by atoms with van der Waals surface area (Å²) in [5.74, 6) is 0.827.